The van der Waals surface area contributed by atoms with E-state index in [-0.39, 0.29) is 6.04 Å². The molecule has 0 spiro atoms. The van der Waals surface area contributed by atoms with Crippen molar-refractivity contribution in [2.45, 2.75) is 49.5 Å². The maximum atomic E-state index is 13.6. The fourth-order valence-corrected chi connectivity index (χ4v) is 6.77. The van der Waals surface area contributed by atoms with Crippen molar-refractivity contribution in [3.05, 3.63) is 48.5 Å². The number of aromatic nitrogens is 1. The summed E-state index contributed by atoms with van der Waals surface area (Å²) in [5.41, 5.74) is 7.48. The third-order valence-corrected chi connectivity index (χ3v) is 8.58. The lowest BCUT2D eigenvalue weighted by molar-refractivity contribution is 0.252. The van der Waals surface area contributed by atoms with Gasteiger partial charge in [0, 0.05) is 18.2 Å². The van der Waals surface area contributed by atoms with E-state index in [1.165, 1.54) is 6.42 Å². The molecule has 0 saturated heterocycles. The molecule has 0 aliphatic heterocycles. The Kier molecular flexibility index (Phi) is 6.29. The summed E-state index contributed by atoms with van der Waals surface area (Å²) < 4.78 is 29.9. The van der Waals surface area contributed by atoms with E-state index in [0.717, 1.165) is 46.5 Å². The van der Waals surface area contributed by atoms with Gasteiger partial charge in [-0.15, -0.1) is 11.3 Å². The number of hydrogen-bond donors (Lipinski definition) is 1. The molecule has 1 saturated carbocycles. The first-order chi connectivity index (χ1) is 14.1. The summed E-state index contributed by atoms with van der Waals surface area (Å²) in [6, 6.07) is 15.3. The molecule has 1 aromatic heterocycles. The third-order valence-electron chi connectivity index (χ3n) is 5.55. The number of nitrogens with two attached hydrogens (primary N) is 1. The molecule has 1 heterocycles. The van der Waals surface area contributed by atoms with Crippen LogP contribution in [-0.4, -0.2) is 36.8 Å². The normalized spacial score (nSPS) is 15.9. The maximum absolute atomic E-state index is 13.6. The first-order valence-corrected chi connectivity index (χ1v) is 12.5. The standard InChI is InChI=1S/C22H27N3O2S2/c23-14-7-15-25(18-9-2-1-3-10-18)29(26,27)19-11-6-8-17(16-19)22-24-20-12-4-5-13-21(20)28-22/h4-6,8,11-13,16,18H,1-3,7,9-10,14-15,23H2. The van der Waals surface area contributed by atoms with Crippen LogP contribution in [0.2, 0.25) is 0 Å². The minimum absolute atomic E-state index is 0.0754. The minimum Gasteiger partial charge on any atom is -0.330 e. The quantitative estimate of drug-likeness (QED) is 0.594. The topological polar surface area (TPSA) is 76.3 Å². The highest BCUT2D eigenvalue weighted by Crippen LogP contribution is 2.33. The molecule has 7 heteroatoms. The fourth-order valence-electron chi connectivity index (χ4n) is 4.04. The molecule has 154 valence electrons. The van der Waals surface area contributed by atoms with E-state index in [4.69, 9.17) is 5.73 Å². The highest BCUT2D eigenvalue weighted by molar-refractivity contribution is 7.89. The Hall–Kier alpha value is -1.80. The molecule has 5 nitrogen and oxygen atoms in total. The Morgan fingerprint density at radius 2 is 1.86 bits per heavy atom. The van der Waals surface area contributed by atoms with Gasteiger partial charge in [0.2, 0.25) is 10.0 Å². The molecular formula is C22H27N3O2S2. The molecule has 0 radical (unpaired) electrons. The van der Waals surface area contributed by atoms with E-state index in [0.29, 0.717) is 24.4 Å². The molecule has 0 bridgehead atoms. The number of fused-ring (bicyclic) bond motifs is 1. The smallest absolute Gasteiger partial charge is 0.243 e. The third kappa shape index (κ3) is 4.38. The summed E-state index contributed by atoms with van der Waals surface area (Å²) in [6.45, 7) is 0.972. The van der Waals surface area contributed by atoms with Gasteiger partial charge in [-0.3, -0.25) is 0 Å². The van der Waals surface area contributed by atoms with E-state index >= 15 is 0 Å². The van der Waals surface area contributed by atoms with Crippen LogP contribution >= 0.6 is 11.3 Å². The molecule has 2 aromatic carbocycles. The average molecular weight is 430 g/mol. The number of hydrogen-bond acceptors (Lipinski definition) is 5. The summed E-state index contributed by atoms with van der Waals surface area (Å²) in [4.78, 5) is 5.03. The predicted octanol–water partition coefficient (Wildman–Crippen LogP) is 4.64. The number of thiazole rings is 1. The Labute approximate surface area is 176 Å². The lowest BCUT2D eigenvalue weighted by Gasteiger charge is -2.33. The van der Waals surface area contributed by atoms with E-state index < -0.39 is 10.0 Å². The number of nitrogens with zero attached hydrogens (tertiary/aromatic N) is 2. The second kappa shape index (κ2) is 8.92. The Morgan fingerprint density at radius 3 is 2.62 bits per heavy atom. The zero-order valence-electron chi connectivity index (χ0n) is 16.5. The van der Waals surface area contributed by atoms with Gasteiger partial charge in [-0.2, -0.15) is 4.31 Å². The summed E-state index contributed by atoms with van der Waals surface area (Å²) in [5, 5.41) is 0.842. The second-order valence-corrected chi connectivity index (χ2v) is 10.5. The van der Waals surface area contributed by atoms with E-state index in [1.54, 1.807) is 27.8 Å². The zero-order valence-corrected chi connectivity index (χ0v) is 18.1. The lowest BCUT2D eigenvalue weighted by Crippen LogP contribution is -2.42. The van der Waals surface area contributed by atoms with Crippen molar-refractivity contribution >= 4 is 31.6 Å². The summed E-state index contributed by atoms with van der Waals surface area (Å²) >= 11 is 1.58. The van der Waals surface area contributed by atoms with Gasteiger partial charge in [-0.1, -0.05) is 43.5 Å². The summed E-state index contributed by atoms with van der Waals surface area (Å²) in [5.74, 6) is 0. The molecule has 0 atom stereocenters. The fraction of sp³-hybridized carbons (Fsp3) is 0.409. The zero-order chi connectivity index (χ0) is 20.3. The van der Waals surface area contributed by atoms with Crippen LogP contribution in [0.5, 0.6) is 0 Å². The molecular weight excluding hydrogens is 402 g/mol. The number of sulfonamides is 1. The Balaban J connectivity index is 1.68. The van der Waals surface area contributed by atoms with Gasteiger partial charge in [0.1, 0.15) is 5.01 Å². The van der Waals surface area contributed by atoms with Gasteiger partial charge in [0.05, 0.1) is 15.1 Å². The van der Waals surface area contributed by atoms with Crippen molar-refractivity contribution in [2.75, 3.05) is 13.1 Å². The summed E-state index contributed by atoms with van der Waals surface area (Å²) in [6.07, 6.45) is 5.90. The maximum Gasteiger partial charge on any atom is 0.243 e. The predicted molar refractivity (Wildman–Crippen MR) is 119 cm³/mol. The molecule has 1 aliphatic carbocycles. The average Bonchev–Trinajstić information content (AvgIpc) is 3.19. The Bertz CT molecular complexity index is 1040. The van der Waals surface area contributed by atoms with Gasteiger partial charge in [0.25, 0.3) is 0 Å². The van der Waals surface area contributed by atoms with Crippen LogP contribution in [0.15, 0.2) is 53.4 Å². The number of rotatable bonds is 7. The van der Waals surface area contributed by atoms with Gasteiger partial charge in [-0.25, -0.2) is 13.4 Å². The minimum atomic E-state index is -3.58. The lowest BCUT2D eigenvalue weighted by atomic mass is 9.95. The molecule has 4 rings (SSSR count). The molecule has 29 heavy (non-hydrogen) atoms. The van der Waals surface area contributed by atoms with Crippen molar-refractivity contribution in [2.24, 2.45) is 5.73 Å². The van der Waals surface area contributed by atoms with Gasteiger partial charge in [0.15, 0.2) is 0 Å². The number of para-hydroxylation sites is 1. The monoisotopic (exact) mass is 429 g/mol. The van der Waals surface area contributed by atoms with Crippen molar-refractivity contribution < 1.29 is 8.42 Å². The molecule has 0 unspecified atom stereocenters. The van der Waals surface area contributed by atoms with Gasteiger partial charge < -0.3 is 5.73 Å². The second-order valence-electron chi connectivity index (χ2n) is 7.56. The largest absolute Gasteiger partial charge is 0.330 e. The van der Waals surface area contributed by atoms with Crippen LogP contribution in [0, 0.1) is 0 Å². The molecule has 1 fully saturated rings. The first-order valence-electron chi connectivity index (χ1n) is 10.3. The highest BCUT2D eigenvalue weighted by atomic mass is 32.2. The SMILES string of the molecule is NCCCN(C1CCCCC1)S(=O)(=O)c1cccc(-c2nc3ccccc3s2)c1. The number of benzene rings is 2. The van der Waals surface area contributed by atoms with Crippen molar-refractivity contribution in [3.8, 4) is 10.6 Å². The van der Waals surface area contributed by atoms with Crippen LogP contribution in [0.3, 0.4) is 0 Å². The Morgan fingerprint density at radius 1 is 1.07 bits per heavy atom. The van der Waals surface area contributed by atoms with Crippen molar-refractivity contribution in [1.82, 2.24) is 9.29 Å². The molecule has 1 aliphatic rings. The van der Waals surface area contributed by atoms with Crippen LogP contribution in [0.25, 0.3) is 20.8 Å². The molecule has 3 aromatic rings. The van der Waals surface area contributed by atoms with Crippen LogP contribution in [-0.2, 0) is 10.0 Å². The van der Waals surface area contributed by atoms with E-state index in [1.807, 2.05) is 36.4 Å². The first kappa shape index (κ1) is 20.5. The van der Waals surface area contributed by atoms with Gasteiger partial charge in [-0.05, 0) is 50.1 Å². The molecule has 2 N–H and O–H groups in total. The summed E-state index contributed by atoms with van der Waals surface area (Å²) in [7, 11) is -3.58. The van der Waals surface area contributed by atoms with Crippen molar-refractivity contribution in [3.63, 3.8) is 0 Å². The molecule has 0 amide bonds. The van der Waals surface area contributed by atoms with Crippen molar-refractivity contribution in [1.29, 1.82) is 0 Å². The van der Waals surface area contributed by atoms with Gasteiger partial charge >= 0.3 is 0 Å². The van der Waals surface area contributed by atoms with Crippen LogP contribution in [0.4, 0.5) is 0 Å². The van der Waals surface area contributed by atoms with E-state index in [9.17, 15) is 8.42 Å². The van der Waals surface area contributed by atoms with Crippen LogP contribution in [0.1, 0.15) is 38.5 Å². The highest BCUT2D eigenvalue weighted by Gasteiger charge is 2.32. The van der Waals surface area contributed by atoms with E-state index in [2.05, 4.69) is 4.98 Å². The van der Waals surface area contributed by atoms with Crippen LogP contribution < -0.4 is 5.73 Å².